The van der Waals surface area contributed by atoms with Crippen molar-refractivity contribution < 1.29 is 9.21 Å². The summed E-state index contributed by atoms with van der Waals surface area (Å²) in [5, 5.41) is 4.31. The number of nitrogen functional groups attached to an aromatic ring is 1. The van der Waals surface area contributed by atoms with E-state index in [9.17, 15) is 4.79 Å². The summed E-state index contributed by atoms with van der Waals surface area (Å²) in [6.45, 7) is 3.27. The van der Waals surface area contributed by atoms with Gasteiger partial charge >= 0.3 is 0 Å². The Morgan fingerprint density at radius 2 is 1.82 bits per heavy atom. The van der Waals surface area contributed by atoms with Crippen LogP contribution in [0.2, 0.25) is 0 Å². The van der Waals surface area contributed by atoms with E-state index >= 15 is 0 Å². The van der Waals surface area contributed by atoms with E-state index in [2.05, 4.69) is 34.9 Å². The Bertz CT molecular complexity index is 1280. The molecule has 4 aromatic heterocycles. The predicted molar refractivity (Wildman–Crippen MR) is 117 cm³/mol. The number of fused-ring (bicyclic) bond motifs is 1. The molecule has 2 aliphatic rings. The number of piperazine rings is 1. The SMILES string of the molecule is Nc1nc(N2CC[C@H]2C(=O)N2CCN(c3ncccn3)CC2)nc2nc(-c3ccco3)nn12. The molecule has 0 radical (unpaired) electrons. The Balaban J connectivity index is 1.17. The zero-order valence-electron chi connectivity index (χ0n) is 17.7. The summed E-state index contributed by atoms with van der Waals surface area (Å²) in [5.74, 6) is 2.46. The van der Waals surface area contributed by atoms with Crippen LogP contribution >= 0.6 is 0 Å². The van der Waals surface area contributed by atoms with Gasteiger partial charge in [-0.05, 0) is 24.6 Å². The largest absolute Gasteiger partial charge is 0.461 e. The van der Waals surface area contributed by atoms with Gasteiger partial charge in [-0.25, -0.2) is 9.97 Å². The average molecular weight is 447 g/mol. The molecule has 6 rings (SSSR count). The fourth-order valence-electron chi connectivity index (χ4n) is 4.11. The summed E-state index contributed by atoms with van der Waals surface area (Å²) >= 11 is 0. The van der Waals surface area contributed by atoms with Gasteiger partial charge in [0.15, 0.2) is 5.76 Å². The molecular weight excluding hydrogens is 426 g/mol. The van der Waals surface area contributed by atoms with Gasteiger partial charge in [0.2, 0.25) is 29.6 Å². The zero-order valence-corrected chi connectivity index (χ0v) is 17.7. The lowest BCUT2D eigenvalue weighted by atomic mass is 10.0. The lowest BCUT2D eigenvalue weighted by Gasteiger charge is -2.44. The van der Waals surface area contributed by atoms with Gasteiger partial charge in [0, 0.05) is 45.1 Å². The maximum absolute atomic E-state index is 13.2. The average Bonchev–Trinajstić information content (AvgIpc) is 3.49. The number of furan rings is 1. The standard InChI is InChI=1S/C20H21N11O2/c21-17-25-19(26-20-24-15(27-31(17)20)14-3-1-12-33-14)30-7-4-13(30)16(32)28-8-10-29(11-9-28)18-22-5-2-6-23-18/h1-3,5-6,12-13H,4,7-11H2,(H2,21,24,25,26,27)/t13-/m0/s1. The molecule has 0 bridgehead atoms. The smallest absolute Gasteiger partial charge is 0.259 e. The van der Waals surface area contributed by atoms with Crippen LogP contribution in [0.25, 0.3) is 17.4 Å². The van der Waals surface area contributed by atoms with Crippen LogP contribution in [0.15, 0.2) is 41.3 Å². The fraction of sp³-hybridized carbons (Fsp3) is 0.350. The molecule has 0 aliphatic carbocycles. The van der Waals surface area contributed by atoms with E-state index in [4.69, 9.17) is 10.2 Å². The topological polar surface area (TPSA) is 148 Å². The van der Waals surface area contributed by atoms with E-state index in [-0.39, 0.29) is 17.9 Å². The van der Waals surface area contributed by atoms with Crippen molar-refractivity contribution >= 4 is 29.5 Å². The van der Waals surface area contributed by atoms with Gasteiger partial charge in [-0.2, -0.15) is 19.5 Å². The first-order chi connectivity index (χ1) is 16.2. The van der Waals surface area contributed by atoms with Crippen molar-refractivity contribution in [2.75, 3.05) is 48.3 Å². The van der Waals surface area contributed by atoms with Crippen LogP contribution in [0.4, 0.5) is 17.8 Å². The molecule has 6 heterocycles. The second kappa shape index (κ2) is 7.69. The molecule has 2 aliphatic heterocycles. The minimum Gasteiger partial charge on any atom is -0.461 e. The number of carbonyl (C=O) groups excluding carboxylic acids is 1. The molecular formula is C20H21N11O2. The molecule has 2 saturated heterocycles. The first kappa shape index (κ1) is 19.4. The second-order valence-corrected chi connectivity index (χ2v) is 7.87. The molecule has 0 unspecified atom stereocenters. The first-order valence-electron chi connectivity index (χ1n) is 10.7. The van der Waals surface area contributed by atoms with E-state index in [0.717, 1.165) is 6.42 Å². The van der Waals surface area contributed by atoms with Gasteiger partial charge in [0.1, 0.15) is 6.04 Å². The molecule has 0 saturated carbocycles. The summed E-state index contributed by atoms with van der Waals surface area (Å²) in [7, 11) is 0. The summed E-state index contributed by atoms with van der Waals surface area (Å²) in [6, 6.07) is 4.98. The first-order valence-corrected chi connectivity index (χ1v) is 10.7. The number of rotatable bonds is 4. The second-order valence-electron chi connectivity index (χ2n) is 7.87. The van der Waals surface area contributed by atoms with Crippen LogP contribution in [0.1, 0.15) is 6.42 Å². The van der Waals surface area contributed by atoms with Gasteiger partial charge < -0.3 is 24.9 Å². The van der Waals surface area contributed by atoms with Crippen LogP contribution in [0.5, 0.6) is 0 Å². The van der Waals surface area contributed by atoms with Crippen LogP contribution in [0.3, 0.4) is 0 Å². The van der Waals surface area contributed by atoms with Gasteiger partial charge in [0.05, 0.1) is 6.26 Å². The Labute approximate surface area is 187 Å². The highest BCUT2D eigenvalue weighted by Crippen LogP contribution is 2.27. The van der Waals surface area contributed by atoms with Gasteiger partial charge in [-0.15, -0.1) is 5.10 Å². The third-order valence-electron chi connectivity index (χ3n) is 5.95. The quantitative estimate of drug-likeness (QED) is 0.453. The van der Waals surface area contributed by atoms with Crippen molar-refractivity contribution in [2.45, 2.75) is 12.5 Å². The molecule has 4 aromatic rings. The number of hydrogen-bond donors (Lipinski definition) is 1. The summed E-state index contributed by atoms with van der Waals surface area (Å²) < 4.78 is 6.72. The van der Waals surface area contributed by atoms with E-state index < -0.39 is 0 Å². The number of carbonyl (C=O) groups is 1. The Hall–Kier alpha value is -4.29. The minimum absolute atomic E-state index is 0.0645. The molecule has 2 fully saturated rings. The number of hydrogen-bond acceptors (Lipinski definition) is 11. The lowest BCUT2D eigenvalue weighted by Crippen LogP contribution is -2.60. The van der Waals surface area contributed by atoms with Crippen LogP contribution in [0, 0.1) is 0 Å². The highest BCUT2D eigenvalue weighted by Gasteiger charge is 2.39. The number of anilines is 3. The normalized spacial score (nSPS) is 18.5. The molecule has 168 valence electrons. The van der Waals surface area contributed by atoms with Crippen molar-refractivity contribution in [3.63, 3.8) is 0 Å². The van der Waals surface area contributed by atoms with E-state index in [1.165, 1.54) is 4.52 Å². The Morgan fingerprint density at radius 3 is 2.52 bits per heavy atom. The summed E-state index contributed by atoms with van der Waals surface area (Å²) in [4.78, 5) is 40.9. The van der Waals surface area contributed by atoms with Crippen LogP contribution in [-0.4, -0.2) is 84.1 Å². The molecule has 13 nitrogen and oxygen atoms in total. The summed E-state index contributed by atoms with van der Waals surface area (Å²) in [6.07, 6.45) is 5.73. The number of nitrogens with two attached hydrogens (primary N) is 1. The molecule has 33 heavy (non-hydrogen) atoms. The van der Waals surface area contributed by atoms with E-state index in [1.54, 1.807) is 36.9 Å². The highest BCUT2D eigenvalue weighted by atomic mass is 16.3. The van der Waals surface area contributed by atoms with Crippen molar-refractivity contribution in [3.05, 3.63) is 36.9 Å². The van der Waals surface area contributed by atoms with Crippen molar-refractivity contribution in [1.29, 1.82) is 0 Å². The molecule has 0 aromatic carbocycles. The third kappa shape index (κ3) is 3.37. The number of amides is 1. The van der Waals surface area contributed by atoms with Gasteiger partial charge in [-0.1, -0.05) is 0 Å². The number of aromatic nitrogens is 7. The number of nitrogens with zero attached hydrogens (tertiary/aromatic N) is 10. The van der Waals surface area contributed by atoms with Crippen molar-refractivity contribution in [2.24, 2.45) is 0 Å². The maximum atomic E-state index is 13.2. The monoisotopic (exact) mass is 447 g/mol. The van der Waals surface area contributed by atoms with E-state index in [1.807, 2.05) is 9.80 Å². The Morgan fingerprint density at radius 1 is 1.00 bits per heavy atom. The molecule has 13 heteroatoms. The van der Waals surface area contributed by atoms with Gasteiger partial charge in [-0.3, -0.25) is 4.79 Å². The molecule has 1 amide bonds. The van der Waals surface area contributed by atoms with Crippen LogP contribution < -0.4 is 15.5 Å². The van der Waals surface area contributed by atoms with E-state index in [0.29, 0.717) is 62.0 Å². The molecule has 2 N–H and O–H groups in total. The minimum atomic E-state index is -0.321. The van der Waals surface area contributed by atoms with Crippen molar-refractivity contribution in [1.82, 2.24) is 39.4 Å². The third-order valence-corrected chi connectivity index (χ3v) is 5.95. The Kier molecular flexibility index (Phi) is 4.52. The lowest BCUT2D eigenvalue weighted by molar-refractivity contribution is -0.134. The van der Waals surface area contributed by atoms with Crippen LogP contribution in [-0.2, 0) is 4.79 Å². The fourth-order valence-corrected chi connectivity index (χ4v) is 4.11. The molecule has 0 spiro atoms. The maximum Gasteiger partial charge on any atom is 0.259 e. The summed E-state index contributed by atoms with van der Waals surface area (Å²) in [5.41, 5.74) is 6.11. The molecule has 1 atom stereocenters. The van der Waals surface area contributed by atoms with Crippen molar-refractivity contribution in [3.8, 4) is 11.6 Å². The zero-order chi connectivity index (χ0) is 22.4. The van der Waals surface area contributed by atoms with Gasteiger partial charge in [0.25, 0.3) is 5.78 Å². The predicted octanol–water partition coefficient (Wildman–Crippen LogP) is 0.0790. The highest BCUT2D eigenvalue weighted by molar-refractivity contribution is 5.86.